The standard InChI is InChI=1S/C56H48N7O9P/c1-66-40-26-22-38(23-27-40)56(37-16-7-4-8-17-37,39-24-28-41(67-2)29-25-39)69-33-47-50-49(54(71-47)62-35-60-48-51(58-34-59-52(48)62)61-53(64)36-14-5-3-6-15-36)63(73(72-50)70-31-13-30-57)55(65)68-32-46-44-20-11-9-18-42(44)43-19-10-12-21-45(43)46/h3-12,14-29,34-35,46-47,49-50,54H,13,31-33H2,1-2H3,(H,58,59,61,64)/t47-,49-,50-,54-,73?/m1/s1. The topological polar surface area (TPSA) is 181 Å². The fraction of sp³-hybridized carbons (Fsp3) is 0.214. The molecule has 6 aromatic carbocycles. The Morgan fingerprint density at radius 2 is 1.34 bits per heavy atom. The summed E-state index contributed by atoms with van der Waals surface area (Å²) >= 11 is 0. The van der Waals surface area contributed by atoms with Crippen molar-refractivity contribution in [1.29, 1.82) is 5.26 Å². The van der Waals surface area contributed by atoms with E-state index in [9.17, 15) is 10.1 Å². The Hall–Kier alpha value is -8.03. The molecule has 366 valence electrons. The number of ether oxygens (including phenoxy) is 5. The predicted octanol–water partition coefficient (Wildman–Crippen LogP) is 10.2. The van der Waals surface area contributed by atoms with Crippen LogP contribution >= 0.6 is 8.53 Å². The van der Waals surface area contributed by atoms with E-state index in [1.165, 1.54) is 11.0 Å². The zero-order valence-corrected chi connectivity index (χ0v) is 40.6. The number of fused-ring (bicyclic) bond motifs is 5. The third-order valence-corrected chi connectivity index (χ3v) is 15.1. The number of carbonyl (C=O) groups excluding carboxylic acids is 2. The van der Waals surface area contributed by atoms with Crippen LogP contribution in [0.4, 0.5) is 10.6 Å². The van der Waals surface area contributed by atoms with Gasteiger partial charge >= 0.3 is 6.09 Å². The van der Waals surface area contributed by atoms with Crippen LogP contribution in [0.5, 0.6) is 11.5 Å². The van der Waals surface area contributed by atoms with Gasteiger partial charge in [-0.15, -0.1) is 0 Å². The van der Waals surface area contributed by atoms with Crippen molar-refractivity contribution in [3.8, 4) is 28.7 Å². The molecule has 1 unspecified atom stereocenters. The minimum Gasteiger partial charge on any atom is -0.497 e. The first-order valence-corrected chi connectivity index (χ1v) is 24.8. The number of amides is 2. The molecule has 8 aromatic rings. The Kier molecular flexibility index (Phi) is 13.3. The number of hydrogen-bond donors (Lipinski definition) is 1. The molecule has 0 spiro atoms. The summed E-state index contributed by atoms with van der Waals surface area (Å²) < 4.78 is 48.4. The molecule has 17 heteroatoms. The first-order valence-electron chi connectivity index (χ1n) is 23.7. The molecule has 2 aromatic heterocycles. The van der Waals surface area contributed by atoms with Crippen LogP contribution in [0.25, 0.3) is 22.3 Å². The molecule has 0 radical (unpaired) electrons. The average Bonchev–Trinajstić information content (AvgIpc) is 4.22. The number of anilines is 1. The lowest BCUT2D eigenvalue weighted by molar-refractivity contribution is -0.0935. The minimum atomic E-state index is -2.20. The van der Waals surface area contributed by atoms with Crippen LogP contribution in [0.2, 0.25) is 0 Å². The Balaban J connectivity index is 0.991. The van der Waals surface area contributed by atoms with Gasteiger partial charge < -0.3 is 38.0 Å². The van der Waals surface area contributed by atoms with Crippen LogP contribution in [0, 0.1) is 11.3 Å². The number of nitrogens with zero attached hydrogens (tertiary/aromatic N) is 6. The number of methoxy groups -OCH3 is 2. The second-order valence-corrected chi connectivity index (χ2v) is 18.8. The van der Waals surface area contributed by atoms with Gasteiger partial charge in [0, 0.05) is 11.5 Å². The molecule has 1 aliphatic carbocycles. The molecule has 0 bridgehead atoms. The minimum absolute atomic E-state index is 0.0146. The van der Waals surface area contributed by atoms with Gasteiger partial charge in [-0.25, -0.2) is 24.4 Å². The molecule has 73 heavy (non-hydrogen) atoms. The van der Waals surface area contributed by atoms with E-state index in [-0.39, 0.29) is 49.4 Å². The van der Waals surface area contributed by atoms with Crippen molar-refractivity contribution in [3.63, 3.8) is 0 Å². The molecule has 4 heterocycles. The fourth-order valence-electron chi connectivity index (χ4n) is 10.0. The van der Waals surface area contributed by atoms with Gasteiger partial charge in [0.2, 0.25) is 0 Å². The summed E-state index contributed by atoms with van der Waals surface area (Å²) in [5.41, 5.74) is 6.49. The van der Waals surface area contributed by atoms with Crippen molar-refractivity contribution in [1.82, 2.24) is 24.2 Å². The second-order valence-electron chi connectivity index (χ2n) is 17.4. The molecule has 2 aliphatic heterocycles. The number of benzene rings is 6. The number of nitrogens with one attached hydrogen (secondary N) is 1. The zero-order chi connectivity index (χ0) is 49.9. The highest BCUT2D eigenvalue weighted by atomic mass is 31.2. The molecule has 2 fully saturated rings. The number of aromatic nitrogens is 4. The summed E-state index contributed by atoms with van der Waals surface area (Å²) in [6, 6.07) is 51.5. The van der Waals surface area contributed by atoms with Crippen LogP contribution in [-0.4, -0.2) is 88.5 Å². The number of carbonyl (C=O) groups is 2. The zero-order valence-electron chi connectivity index (χ0n) is 39.7. The van der Waals surface area contributed by atoms with Gasteiger partial charge in [-0.1, -0.05) is 121 Å². The van der Waals surface area contributed by atoms with Crippen LogP contribution in [0.3, 0.4) is 0 Å². The smallest absolute Gasteiger partial charge is 0.417 e. The number of imidazole rings is 1. The molecule has 3 aliphatic rings. The van der Waals surface area contributed by atoms with Crippen molar-refractivity contribution in [3.05, 3.63) is 204 Å². The SMILES string of the molecule is COc1ccc(C(OC[C@H]2O[C@@H](n3cnc4c(NC(=O)c5ccccc5)ncnc43)[C@H]3[C@@H]2OP(OCCC#N)N3C(=O)OCC2c3ccccc3-c3ccccc32)(c2ccccc2)c2ccc(OC)cc2)cc1. The van der Waals surface area contributed by atoms with E-state index in [0.29, 0.717) is 22.7 Å². The van der Waals surface area contributed by atoms with Crippen LogP contribution in [0.1, 0.15) is 56.7 Å². The van der Waals surface area contributed by atoms with Crippen LogP contribution < -0.4 is 14.8 Å². The van der Waals surface area contributed by atoms with E-state index in [1.54, 1.807) is 49.4 Å². The summed E-state index contributed by atoms with van der Waals surface area (Å²) in [4.78, 5) is 42.3. The Labute approximate surface area is 422 Å². The molecule has 5 atom stereocenters. The second kappa shape index (κ2) is 20.6. The van der Waals surface area contributed by atoms with Crippen molar-refractivity contribution in [2.45, 2.75) is 42.4 Å². The van der Waals surface area contributed by atoms with E-state index in [1.807, 2.05) is 109 Å². The molecule has 11 rings (SSSR count). The number of hydrogen-bond acceptors (Lipinski definition) is 13. The number of nitriles is 1. The molecule has 2 amide bonds. The van der Waals surface area contributed by atoms with Gasteiger partial charge in [0.15, 0.2) is 23.2 Å². The highest BCUT2D eigenvalue weighted by Crippen LogP contribution is 2.59. The largest absolute Gasteiger partial charge is 0.497 e. The summed E-state index contributed by atoms with van der Waals surface area (Å²) in [6.07, 6.45) is -0.560. The molecule has 0 saturated carbocycles. The molecule has 16 nitrogen and oxygen atoms in total. The number of rotatable bonds is 16. The third-order valence-electron chi connectivity index (χ3n) is 13.5. The van der Waals surface area contributed by atoms with E-state index in [0.717, 1.165) is 38.9 Å². The van der Waals surface area contributed by atoms with E-state index in [2.05, 4.69) is 45.6 Å². The quantitative estimate of drug-likeness (QED) is 0.0549. The molecule has 1 N–H and O–H groups in total. The van der Waals surface area contributed by atoms with E-state index >= 15 is 4.79 Å². The van der Waals surface area contributed by atoms with Crippen LogP contribution in [0.15, 0.2) is 170 Å². The molecule has 2 saturated heterocycles. The summed E-state index contributed by atoms with van der Waals surface area (Å²) in [6.45, 7) is -0.0705. The van der Waals surface area contributed by atoms with Gasteiger partial charge in [0.05, 0.1) is 46.3 Å². The van der Waals surface area contributed by atoms with Gasteiger partial charge in [0.25, 0.3) is 14.4 Å². The Morgan fingerprint density at radius 1 is 0.740 bits per heavy atom. The van der Waals surface area contributed by atoms with E-state index < -0.39 is 44.7 Å². The summed E-state index contributed by atoms with van der Waals surface area (Å²) in [7, 11) is 1.04. The monoisotopic (exact) mass is 993 g/mol. The highest BCUT2D eigenvalue weighted by molar-refractivity contribution is 7.45. The normalized spacial score (nSPS) is 18.9. The van der Waals surface area contributed by atoms with Crippen molar-refractivity contribution in [2.24, 2.45) is 0 Å². The molecular formula is C56H48N7O9P. The maximum atomic E-state index is 15.1. The predicted molar refractivity (Wildman–Crippen MR) is 271 cm³/mol. The Morgan fingerprint density at radius 3 is 1.97 bits per heavy atom. The first-order chi connectivity index (χ1) is 35.9. The van der Waals surface area contributed by atoms with E-state index in [4.69, 9.17) is 37.7 Å². The molecular weight excluding hydrogens is 946 g/mol. The van der Waals surface area contributed by atoms with Crippen molar-refractivity contribution < 1.29 is 42.3 Å². The first kappa shape index (κ1) is 47.3. The van der Waals surface area contributed by atoms with Crippen LogP contribution in [-0.2, 0) is 28.9 Å². The Bertz CT molecular complexity index is 3210. The maximum absolute atomic E-state index is 15.1. The van der Waals surface area contributed by atoms with Gasteiger partial charge in [-0.05, 0) is 75.3 Å². The summed E-state index contributed by atoms with van der Waals surface area (Å²) in [5.74, 6) is 0.894. The van der Waals surface area contributed by atoms with Gasteiger partial charge in [0.1, 0.15) is 48.3 Å². The van der Waals surface area contributed by atoms with Crippen molar-refractivity contribution in [2.75, 3.05) is 39.4 Å². The lowest BCUT2D eigenvalue weighted by atomic mass is 9.80. The average molecular weight is 994 g/mol. The third kappa shape index (κ3) is 8.81. The van der Waals surface area contributed by atoms with Crippen molar-refractivity contribution >= 4 is 37.5 Å². The van der Waals surface area contributed by atoms with Gasteiger partial charge in [-0.2, -0.15) is 5.26 Å². The highest BCUT2D eigenvalue weighted by Gasteiger charge is 2.61. The maximum Gasteiger partial charge on any atom is 0.417 e. The fourth-order valence-corrected chi connectivity index (χ4v) is 11.7. The van der Waals surface area contributed by atoms with Gasteiger partial charge in [-0.3, -0.25) is 9.36 Å². The summed E-state index contributed by atoms with van der Waals surface area (Å²) in [5, 5.41) is 12.5. The lowest BCUT2D eigenvalue weighted by Gasteiger charge is -2.37. The lowest BCUT2D eigenvalue weighted by Crippen LogP contribution is -2.43.